The van der Waals surface area contributed by atoms with Gasteiger partial charge in [0.1, 0.15) is 16.8 Å². The molecular formula is C21H21ClN6O6S2. The number of rotatable bonds is 6. The van der Waals surface area contributed by atoms with Crippen molar-refractivity contribution in [1.82, 2.24) is 15.0 Å². The molecule has 0 spiro atoms. The zero-order valence-corrected chi connectivity index (χ0v) is 21.4. The van der Waals surface area contributed by atoms with Gasteiger partial charge in [-0.25, -0.2) is 13.4 Å². The summed E-state index contributed by atoms with van der Waals surface area (Å²) in [7, 11) is -8.08. The van der Waals surface area contributed by atoms with E-state index in [1.54, 1.807) is 19.1 Å². The van der Waals surface area contributed by atoms with Gasteiger partial charge < -0.3 is 5.32 Å². The van der Waals surface area contributed by atoms with E-state index in [0.29, 0.717) is 17.1 Å². The van der Waals surface area contributed by atoms with Crippen LogP contribution in [-0.4, -0.2) is 65.4 Å². The topological polar surface area (TPSA) is 181 Å². The lowest BCUT2D eigenvalue weighted by atomic mass is 9.82. The number of Topliss-reactive ketones (excluding diaryl/α,β-unsaturated/α-hetero) is 1. The van der Waals surface area contributed by atoms with Crippen molar-refractivity contribution >= 4 is 54.7 Å². The summed E-state index contributed by atoms with van der Waals surface area (Å²) in [6.07, 6.45) is 4.46. The molecule has 2 aromatic rings. The third-order valence-corrected chi connectivity index (χ3v) is 7.94. The molecular weight excluding hydrogens is 532 g/mol. The highest BCUT2D eigenvalue weighted by Gasteiger charge is 2.41. The summed E-state index contributed by atoms with van der Waals surface area (Å²) in [5.74, 6) is -0.00308. The van der Waals surface area contributed by atoms with Gasteiger partial charge in [0.05, 0.1) is 16.6 Å². The predicted molar refractivity (Wildman–Crippen MR) is 133 cm³/mol. The van der Waals surface area contributed by atoms with E-state index in [-0.39, 0.29) is 46.3 Å². The molecule has 0 aliphatic heterocycles. The molecule has 12 nitrogen and oxygen atoms in total. The first kappa shape index (κ1) is 25.9. The van der Waals surface area contributed by atoms with Crippen LogP contribution in [0.5, 0.6) is 0 Å². The average molecular weight is 553 g/mol. The van der Waals surface area contributed by atoms with Gasteiger partial charge in [0.15, 0.2) is 9.84 Å². The molecule has 2 unspecified atom stereocenters. The van der Waals surface area contributed by atoms with E-state index < -0.39 is 31.0 Å². The molecule has 4 rings (SSSR count). The summed E-state index contributed by atoms with van der Waals surface area (Å²) in [6.45, 7) is 1.65. The highest BCUT2D eigenvalue weighted by Crippen LogP contribution is 2.33. The van der Waals surface area contributed by atoms with E-state index in [2.05, 4.69) is 30.8 Å². The van der Waals surface area contributed by atoms with Crippen molar-refractivity contribution in [2.45, 2.75) is 36.0 Å². The van der Waals surface area contributed by atoms with Crippen LogP contribution < -0.4 is 10.7 Å². The maximum Gasteiger partial charge on any atom is 0.274 e. The van der Waals surface area contributed by atoms with Crippen LogP contribution in [0, 0.1) is 6.92 Å². The van der Waals surface area contributed by atoms with Gasteiger partial charge in [-0.15, -0.1) is 0 Å². The van der Waals surface area contributed by atoms with Crippen LogP contribution in [-0.2, 0) is 24.7 Å². The Bertz CT molecular complexity index is 1510. The molecule has 2 aliphatic carbocycles. The molecule has 0 fully saturated rings. The predicted octanol–water partition coefficient (Wildman–Crippen LogP) is 1.97. The van der Waals surface area contributed by atoms with Crippen molar-refractivity contribution in [3.63, 3.8) is 0 Å². The van der Waals surface area contributed by atoms with E-state index >= 15 is 0 Å². The van der Waals surface area contributed by atoms with Crippen molar-refractivity contribution < 1.29 is 26.2 Å². The normalized spacial score (nSPS) is 21.4. The van der Waals surface area contributed by atoms with E-state index in [9.17, 15) is 26.2 Å². The van der Waals surface area contributed by atoms with Crippen LogP contribution in [0.2, 0.25) is 5.28 Å². The van der Waals surface area contributed by atoms with Gasteiger partial charge >= 0.3 is 0 Å². The molecule has 0 saturated carbocycles. The minimum atomic E-state index is -4.68. The van der Waals surface area contributed by atoms with Crippen molar-refractivity contribution in [2.75, 3.05) is 17.0 Å². The van der Waals surface area contributed by atoms with Crippen LogP contribution in [0.15, 0.2) is 57.6 Å². The third kappa shape index (κ3) is 5.78. The molecule has 0 radical (unpaired) electrons. The van der Waals surface area contributed by atoms with E-state index in [0.717, 1.165) is 6.26 Å². The average Bonchev–Trinajstić information content (AvgIpc) is 2.76. The fraction of sp³-hybridized carbons (Fsp3) is 0.286. The Labute approximate surface area is 212 Å². The van der Waals surface area contributed by atoms with Gasteiger partial charge in [0.25, 0.3) is 10.1 Å². The van der Waals surface area contributed by atoms with Gasteiger partial charge in [0.2, 0.25) is 17.0 Å². The zero-order valence-electron chi connectivity index (χ0n) is 19.0. The Morgan fingerprint density at radius 1 is 1.08 bits per heavy atom. The second-order valence-corrected chi connectivity index (χ2v) is 12.2. The lowest BCUT2D eigenvalue weighted by Crippen LogP contribution is -2.42. The Hall–Kier alpha value is -3.20. The van der Waals surface area contributed by atoms with E-state index in [1.165, 1.54) is 24.3 Å². The number of halogens is 1. The number of ketones is 1. The molecule has 15 heteroatoms. The third-order valence-electron chi connectivity index (χ3n) is 5.54. The maximum absolute atomic E-state index is 13.2. The molecule has 0 amide bonds. The largest absolute Gasteiger partial charge is 0.348 e. The number of hydrogen-bond acceptors (Lipinski definition) is 11. The molecule has 1 aromatic heterocycles. The summed E-state index contributed by atoms with van der Waals surface area (Å²) in [5.41, 5.74) is 3.33. The quantitative estimate of drug-likeness (QED) is 0.352. The number of hydrogen-bond donors (Lipinski definition) is 3. The Kier molecular flexibility index (Phi) is 6.96. The number of sulfone groups is 1. The fourth-order valence-electron chi connectivity index (χ4n) is 3.86. The van der Waals surface area contributed by atoms with Gasteiger partial charge in [-0.1, -0.05) is 17.7 Å². The van der Waals surface area contributed by atoms with Crippen LogP contribution in [0.3, 0.4) is 0 Å². The van der Waals surface area contributed by atoms with Crippen molar-refractivity contribution in [3.05, 3.63) is 58.7 Å². The van der Waals surface area contributed by atoms with Gasteiger partial charge in [-0.2, -0.15) is 23.5 Å². The van der Waals surface area contributed by atoms with Crippen LogP contribution >= 0.6 is 11.6 Å². The molecule has 3 N–H and O–H groups in total. The highest BCUT2D eigenvalue weighted by atomic mass is 35.5. The van der Waals surface area contributed by atoms with Crippen molar-refractivity contribution in [3.8, 4) is 0 Å². The Balaban J connectivity index is 1.58. The summed E-state index contributed by atoms with van der Waals surface area (Å²) >= 11 is 5.87. The maximum atomic E-state index is 13.2. The van der Waals surface area contributed by atoms with Gasteiger partial charge in [-0.05, 0) is 55.6 Å². The monoisotopic (exact) mass is 552 g/mol. The van der Waals surface area contributed by atoms with Crippen molar-refractivity contribution in [2.24, 2.45) is 5.10 Å². The second-order valence-electron chi connectivity index (χ2n) is 8.25. The Morgan fingerprint density at radius 2 is 1.78 bits per heavy atom. The summed E-state index contributed by atoms with van der Waals surface area (Å²) in [6, 6.07) is 5.18. The number of nitrogens with zero attached hydrogens (tertiary/aromatic N) is 4. The summed E-state index contributed by atoms with van der Waals surface area (Å²) < 4.78 is 57.4. The number of benzene rings is 1. The zero-order chi connectivity index (χ0) is 26.3. The number of hydrazone groups is 1. The molecule has 190 valence electrons. The molecule has 0 saturated heterocycles. The highest BCUT2D eigenvalue weighted by molar-refractivity contribution is 7.90. The minimum absolute atomic E-state index is 0.0169. The number of aryl methyl sites for hydroxylation is 1. The standard InChI is InChI=1S/C21H21ClN6O6S2/c1-11-23-20(22)26-21(24-11)25-14-5-8-16-12(9-14)10-17(36(32,33)34)18(19(16)29)28-27-13-3-6-15(7-4-13)35(2,30)31/h3-8,14,17,27H,9-10H2,1-2H3,(H,32,33,34)(H,23,24,25,26). The first-order valence-electron chi connectivity index (χ1n) is 10.5. The minimum Gasteiger partial charge on any atom is -0.348 e. The molecule has 36 heavy (non-hydrogen) atoms. The first-order chi connectivity index (χ1) is 16.8. The van der Waals surface area contributed by atoms with Gasteiger partial charge in [-0.3, -0.25) is 14.8 Å². The van der Waals surface area contributed by atoms with E-state index in [1.807, 2.05) is 0 Å². The van der Waals surface area contributed by atoms with E-state index in [4.69, 9.17) is 11.6 Å². The molecule has 1 heterocycles. The number of allylic oxidation sites excluding steroid dienone is 2. The summed E-state index contributed by atoms with van der Waals surface area (Å²) in [5, 5.41) is 5.48. The number of anilines is 2. The first-order valence-corrected chi connectivity index (χ1v) is 14.3. The fourth-order valence-corrected chi connectivity index (χ4v) is 5.54. The number of carbonyl (C=O) groups excluding carboxylic acids is 1. The number of nitrogens with one attached hydrogen (secondary N) is 2. The van der Waals surface area contributed by atoms with Gasteiger partial charge in [0, 0.05) is 11.8 Å². The molecule has 2 aliphatic rings. The number of carbonyl (C=O) groups is 1. The molecule has 0 bridgehead atoms. The molecule has 2 atom stereocenters. The lowest BCUT2D eigenvalue weighted by molar-refractivity contribution is -0.109. The van der Waals surface area contributed by atoms with Crippen LogP contribution in [0.4, 0.5) is 11.6 Å². The number of aromatic nitrogens is 3. The molecule has 1 aromatic carbocycles. The SMILES string of the molecule is Cc1nc(Cl)nc(NC2C=CC3=C(C2)CC(S(=O)(=O)O)C(=NNc2ccc(S(C)(=O)=O)cc2)C3=O)n1. The smallest absolute Gasteiger partial charge is 0.274 e. The lowest BCUT2D eigenvalue weighted by Gasteiger charge is -2.29. The second kappa shape index (κ2) is 9.69. The Morgan fingerprint density at radius 3 is 2.39 bits per heavy atom. The summed E-state index contributed by atoms with van der Waals surface area (Å²) in [4.78, 5) is 25.3. The van der Waals surface area contributed by atoms with Crippen molar-refractivity contribution in [1.29, 1.82) is 0 Å². The van der Waals surface area contributed by atoms with Crippen LogP contribution in [0.25, 0.3) is 0 Å². The van der Waals surface area contributed by atoms with Crippen LogP contribution in [0.1, 0.15) is 18.7 Å².